The van der Waals surface area contributed by atoms with Gasteiger partial charge in [0.05, 0.1) is 54.0 Å². The molecule has 5 atom stereocenters. The van der Waals surface area contributed by atoms with Gasteiger partial charge >= 0.3 is 6.01 Å². The molecule has 0 spiro atoms. The number of imidazole rings is 1. The number of amides is 1. The summed E-state index contributed by atoms with van der Waals surface area (Å²) < 4.78 is 86.9. The summed E-state index contributed by atoms with van der Waals surface area (Å²) in [5.41, 5.74) is 2.12. The Balaban J connectivity index is 1.09. The number of benzene rings is 2. The lowest BCUT2D eigenvalue weighted by Crippen LogP contribution is -2.69. The van der Waals surface area contributed by atoms with Crippen molar-refractivity contribution in [3.8, 4) is 23.0 Å². The van der Waals surface area contributed by atoms with Gasteiger partial charge in [0.15, 0.2) is 11.5 Å². The molecule has 1 amide bonds. The zero-order valence-corrected chi connectivity index (χ0v) is 32.7. The molecule has 0 N–H and O–H groups in total. The molecule has 4 aliphatic heterocycles. The molecule has 3 saturated heterocycles. The first-order valence-electron chi connectivity index (χ1n) is 19.6. The molecule has 4 aromatic heterocycles. The Labute approximate surface area is 339 Å². The van der Waals surface area contributed by atoms with Crippen molar-refractivity contribution >= 4 is 39.7 Å². The van der Waals surface area contributed by atoms with Crippen LogP contribution in [-0.2, 0) is 16.1 Å². The average molecular weight is 831 g/mol. The van der Waals surface area contributed by atoms with Gasteiger partial charge in [-0.15, -0.1) is 0 Å². The van der Waals surface area contributed by atoms with Gasteiger partial charge in [0.25, 0.3) is 6.43 Å². The zero-order valence-electron chi connectivity index (χ0n) is 32.7. The topological polar surface area (TPSA) is 136 Å². The number of likely N-dealkylation sites (tertiary alicyclic amines) is 1. The predicted molar refractivity (Wildman–Crippen MR) is 208 cm³/mol. The average Bonchev–Trinajstić information content (AvgIpc) is 3.91. The number of halogens is 5. The largest absolute Gasteiger partial charge is 0.458 e. The standard InChI is InChI=1S/C40H39F5N12O3/c1-20-48-31-10-22(42)8-27-30-6-7-46-40(49-30)60-25-12-33(38(58)52(2)16-26(59-3)18-54(20)35(27)31)55(17-25)36-28-13-47-57(32-5-4-21(41)9-29(32)43)37(28)51-39(50-36)56-23-11-24(56)15-53(14-23)19-34(44)45/h4-10,13,23-26,33-34H,11-12,14-19H2,1-3H3/t23?,24?,25-,26+,33-/m0/s1. The van der Waals surface area contributed by atoms with Gasteiger partial charge in [0.2, 0.25) is 11.9 Å². The number of likely N-dealkylation sites (N-methyl/N-ethyl adjacent to an activating group) is 1. The van der Waals surface area contributed by atoms with Gasteiger partial charge in [-0.05, 0) is 37.6 Å². The molecule has 20 heteroatoms. The second-order valence-electron chi connectivity index (χ2n) is 15.8. The van der Waals surface area contributed by atoms with E-state index < -0.39 is 42.1 Å². The summed E-state index contributed by atoms with van der Waals surface area (Å²) in [6, 6.07) is 6.39. The lowest BCUT2D eigenvalue weighted by Gasteiger charge is -2.56. The minimum absolute atomic E-state index is 0.0126. The SMILES string of the molecule is CO[C@@H]1CN(C)C(=O)[C@@H]2C[C@@H](CN2c2nc(N3C4CC3CN(CC(F)F)C4)nc3c2cnn3-c2ccc(F)cc2F)Oc2nccc(n2)-c2cc(F)cc3nc(C)n(c23)C1. The minimum atomic E-state index is -2.48. The Morgan fingerprint density at radius 2 is 1.75 bits per heavy atom. The van der Waals surface area contributed by atoms with Crippen molar-refractivity contribution < 1.29 is 36.2 Å². The van der Waals surface area contributed by atoms with Crippen LogP contribution in [-0.4, -0.2) is 139 Å². The molecule has 0 aliphatic carbocycles. The monoisotopic (exact) mass is 830 g/mol. The van der Waals surface area contributed by atoms with Crippen LogP contribution in [0.1, 0.15) is 18.7 Å². The minimum Gasteiger partial charge on any atom is -0.458 e. The number of hydrogen-bond acceptors (Lipinski definition) is 12. The van der Waals surface area contributed by atoms with Crippen molar-refractivity contribution in [3.05, 3.63) is 72.1 Å². The van der Waals surface area contributed by atoms with Crippen molar-refractivity contribution in [3.63, 3.8) is 0 Å². The van der Waals surface area contributed by atoms with Crippen molar-refractivity contribution in [1.29, 1.82) is 0 Å². The highest BCUT2D eigenvalue weighted by molar-refractivity contribution is 5.94. The number of ether oxygens (including phenoxy) is 2. The quantitative estimate of drug-likeness (QED) is 0.221. The van der Waals surface area contributed by atoms with E-state index in [1.165, 1.54) is 35.3 Å². The van der Waals surface area contributed by atoms with Gasteiger partial charge in [0.1, 0.15) is 41.1 Å². The molecule has 2 aromatic carbocycles. The number of rotatable bonds is 6. The first-order valence-corrected chi connectivity index (χ1v) is 19.6. The van der Waals surface area contributed by atoms with E-state index in [4.69, 9.17) is 24.4 Å². The number of carbonyl (C=O) groups is 1. The molecule has 312 valence electrons. The third kappa shape index (κ3) is 6.52. The third-order valence-corrected chi connectivity index (χ3v) is 12.0. The molecule has 6 bridgehead atoms. The van der Waals surface area contributed by atoms with Crippen molar-refractivity contribution in [1.82, 2.24) is 49.1 Å². The molecule has 8 heterocycles. The van der Waals surface area contributed by atoms with E-state index in [0.717, 1.165) is 18.6 Å². The van der Waals surface area contributed by atoms with Gasteiger partial charge < -0.3 is 28.7 Å². The van der Waals surface area contributed by atoms with Crippen LogP contribution in [0.3, 0.4) is 0 Å². The van der Waals surface area contributed by atoms with E-state index in [0.29, 0.717) is 52.4 Å². The number of fused-ring (bicyclic) bond motifs is 8. The summed E-state index contributed by atoms with van der Waals surface area (Å²) in [7, 11) is 3.25. The Kier molecular flexibility index (Phi) is 9.30. The highest BCUT2D eigenvalue weighted by Crippen LogP contribution is 2.40. The second-order valence-corrected chi connectivity index (χ2v) is 15.8. The Bertz CT molecular complexity index is 2650. The molecule has 0 saturated carbocycles. The Hall–Kier alpha value is -6.02. The molecule has 15 nitrogen and oxygen atoms in total. The summed E-state index contributed by atoms with van der Waals surface area (Å²) in [4.78, 5) is 45.6. The predicted octanol–water partition coefficient (Wildman–Crippen LogP) is 4.39. The molecule has 60 heavy (non-hydrogen) atoms. The maximum Gasteiger partial charge on any atom is 0.317 e. The number of aryl methyl sites for hydroxylation is 1. The number of piperidine rings is 1. The fourth-order valence-corrected chi connectivity index (χ4v) is 9.29. The normalized spacial score (nSPS) is 23.3. The summed E-state index contributed by atoms with van der Waals surface area (Å²) in [6.07, 6.45) is 0.273. The Morgan fingerprint density at radius 1 is 0.933 bits per heavy atom. The fraction of sp³-hybridized carbons (Fsp3) is 0.425. The Morgan fingerprint density at radius 3 is 2.52 bits per heavy atom. The van der Waals surface area contributed by atoms with E-state index in [1.807, 2.05) is 21.3 Å². The van der Waals surface area contributed by atoms with E-state index in [1.54, 1.807) is 30.0 Å². The van der Waals surface area contributed by atoms with Crippen LogP contribution < -0.4 is 14.5 Å². The van der Waals surface area contributed by atoms with E-state index in [9.17, 15) is 18.0 Å². The highest BCUT2D eigenvalue weighted by Gasteiger charge is 2.48. The molecule has 3 fully saturated rings. The highest BCUT2D eigenvalue weighted by atomic mass is 19.3. The summed E-state index contributed by atoms with van der Waals surface area (Å²) >= 11 is 0. The number of alkyl halides is 2. The number of carbonyl (C=O) groups excluding carboxylic acids is 1. The maximum absolute atomic E-state index is 15.4. The second kappa shape index (κ2) is 14.6. The van der Waals surface area contributed by atoms with E-state index >= 15 is 8.78 Å². The van der Waals surface area contributed by atoms with Crippen LogP contribution in [0.5, 0.6) is 6.01 Å². The van der Waals surface area contributed by atoms with Gasteiger partial charge in [-0.25, -0.2) is 36.6 Å². The lowest BCUT2D eigenvalue weighted by atomic mass is 9.88. The van der Waals surface area contributed by atoms with E-state index in [-0.39, 0.29) is 73.9 Å². The molecular weight excluding hydrogens is 792 g/mol. The van der Waals surface area contributed by atoms with Crippen LogP contribution in [0, 0.1) is 24.4 Å². The van der Waals surface area contributed by atoms with Crippen molar-refractivity contribution in [2.24, 2.45) is 0 Å². The van der Waals surface area contributed by atoms with Crippen molar-refractivity contribution in [2.75, 3.05) is 56.7 Å². The summed E-state index contributed by atoms with van der Waals surface area (Å²) in [6.45, 7) is 2.79. The molecule has 10 rings (SSSR count). The summed E-state index contributed by atoms with van der Waals surface area (Å²) in [5, 5.41) is 4.87. The van der Waals surface area contributed by atoms with Crippen LogP contribution >= 0.6 is 0 Å². The van der Waals surface area contributed by atoms with E-state index in [2.05, 4.69) is 15.1 Å². The molecule has 4 aliphatic rings. The van der Waals surface area contributed by atoms with Crippen molar-refractivity contribution in [2.45, 2.75) is 63.1 Å². The van der Waals surface area contributed by atoms with Crippen LogP contribution in [0.4, 0.5) is 33.7 Å². The van der Waals surface area contributed by atoms with Gasteiger partial charge in [-0.3, -0.25) is 9.69 Å². The number of piperazine rings is 1. The molecule has 0 radical (unpaired) electrons. The number of nitrogens with zero attached hydrogens (tertiary/aromatic N) is 12. The molecule has 2 unspecified atom stereocenters. The zero-order chi connectivity index (χ0) is 41.6. The van der Waals surface area contributed by atoms with Crippen LogP contribution in [0.15, 0.2) is 48.8 Å². The lowest BCUT2D eigenvalue weighted by molar-refractivity contribution is -0.133. The first kappa shape index (κ1) is 38.2. The summed E-state index contributed by atoms with van der Waals surface area (Å²) in [5.74, 6) is -1.20. The smallest absolute Gasteiger partial charge is 0.317 e. The van der Waals surface area contributed by atoms with Gasteiger partial charge in [-0.1, -0.05) is 0 Å². The maximum atomic E-state index is 15.4. The van der Waals surface area contributed by atoms with Gasteiger partial charge in [0, 0.05) is 76.2 Å². The third-order valence-electron chi connectivity index (χ3n) is 12.0. The van der Waals surface area contributed by atoms with Crippen LogP contribution in [0.2, 0.25) is 0 Å². The molecule has 6 aromatic rings. The number of methoxy groups -OCH3 is 1. The van der Waals surface area contributed by atoms with Gasteiger partial charge in [-0.2, -0.15) is 20.1 Å². The molecular formula is C40H39F5N12O3. The number of aromatic nitrogens is 8. The fourth-order valence-electron chi connectivity index (χ4n) is 9.29. The van der Waals surface area contributed by atoms with Crippen LogP contribution in [0.25, 0.3) is 39.0 Å². The number of anilines is 2. The first-order chi connectivity index (χ1) is 28.9. The number of hydrogen-bond donors (Lipinski definition) is 0.